The monoisotopic (exact) mass is 326 g/mol. The maximum absolute atomic E-state index is 3.58. The molecular weight excluding hydrogens is 320 g/mol. The molecule has 3 rings (SSSR count). The van der Waals surface area contributed by atoms with Gasteiger partial charge in [-0.1, -0.05) is 12.1 Å². The van der Waals surface area contributed by atoms with E-state index in [1.54, 1.807) is 34.0 Å². The van der Waals surface area contributed by atoms with Crippen molar-refractivity contribution >= 4 is 49.9 Å². The maximum atomic E-state index is 3.58. The van der Waals surface area contributed by atoms with E-state index in [-0.39, 0.29) is 0 Å². The first-order valence-corrected chi connectivity index (χ1v) is 8.08. The Bertz CT molecular complexity index is 524. The third kappa shape index (κ3) is 1.91. The Morgan fingerprint density at radius 1 is 0.938 bits per heavy atom. The molecule has 80 valence electrons. The van der Waals surface area contributed by atoms with Crippen molar-refractivity contribution in [2.45, 2.75) is 0 Å². The topological polar surface area (TPSA) is 0 Å². The Hall–Kier alpha value is -0.420. The Labute approximate surface area is 114 Å². The highest BCUT2D eigenvalue weighted by atomic mass is 79.9. The van der Waals surface area contributed by atoms with Crippen molar-refractivity contribution in [3.05, 3.63) is 44.9 Å². The highest BCUT2D eigenvalue weighted by Gasteiger charge is 2.13. The SMILES string of the molecule is Brc1cc(-c2cccs2)c(-c2cccs2)s1. The minimum Gasteiger partial charge on any atom is -0.144 e. The molecular formula is C12H7BrS3. The smallest absolute Gasteiger partial charge is 0.0712 e. The van der Waals surface area contributed by atoms with Gasteiger partial charge in [0.2, 0.25) is 0 Å². The van der Waals surface area contributed by atoms with Crippen LogP contribution in [0.3, 0.4) is 0 Å². The van der Waals surface area contributed by atoms with Crippen LogP contribution >= 0.6 is 49.9 Å². The van der Waals surface area contributed by atoms with Crippen LogP contribution in [0, 0.1) is 0 Å². The molecule has 0 N–H and O–H groups in total. The van der Waals surface area contributed by atoms with E-state index in [4.69, 9.17) is 0 Å². The number of hydrogen-bond donors (Lipinski definition) is 0. The van der Waals surface area contributed by atoms with Gasteiger partial charge in [-0.25, -0.2) is 0 Å². The number of thiophene rings is 3. The first-order valence-electron chi connectivity index (χ1n) is 4.71. The third-order valence-electron chi connectivity index (χ3n) is 2.23. The van der Waals surface area contributed by atoms with Crippen LogP contribution in [0.2, 0.25) is 0 Å². The van der Waals surface area contributed by atoms with Gasteiger partial charge in [0.25, 0.3) is 0 Å². The van der Waals surface area contributed by atoms with Gasteiger partial charge in [0, 0.05) is 15.3 Å². The van der Waals surface area contributed by atoms with Crippen molar-refractivity contribution in [2.24, 2.45) is 0 Å². The molecule has 0 aliphatic heterocycles. The fourth-order valence-corrected chi connectivity index (χ4v) is 4.86. The average Bonchev–Trinajstić information content (AvgIpc) is 2.98. The number of hydrogen-bond acceptors (Lipinski definition) is 3. The molecule has 3 heterocycles. The second kappa shape index (κ2) is 4.45. The normalized spacial score (nSPS) is 10.8. The van der Waals surface area contributed by atoms with Crippen molar-refractivity contribution in [3.8, 4) is 20.2 Å². The Morgan fingerprint density at radius 3 is 2.25 bits per heavy atom. The quantitative estimate of drug-likeness (QED) is 0.544. The largest absolute Gasteiger partial charge is 0.144 e. The van der Waals surface area contributed by atoms with Gasteiger partial charge in [0.05, 0.1) is 8.66 Å². The van der Waals surface area contributed by atoms with Crippen LogP contribution < -0.4 is 0 Å². The maximum Gasteiger partial charge on any atom is 0.0712 e. The van der Waals surface area contributed by atoms with E-state index >= 15 is 0 Å². The lowest BCUT2D eigenvalue weighted by Crippen LogP contribution is -1.69. The molecule has 3 aromatic rings. The van der Waals surface area contributed by atoms with Crippen molar-refractivity contribution in [1.82, 2.24) is 0 Å². The Morgan fingerprint density at radius 2 is 1.62 bits per heavy atom. The lowest BCUT2D eigenvalue weighted by molar-refractivity contribution is 1.85. The first kappa shape index (κ1) is 10.7. The van der Waals surface area contributed by atoms with E-state index in [1.165, 1.54) is 24.0 Å². The molecule has 0 unspecified atom stereocenters. The van der Waals surface area contributed by atoms with E-state index in [9.17, 15) is 0 Å². The van der Waals surface area contributed by atoms with Crippen LogP contribution in [-0.2, 0) is 0 Å². The standard InChI is InChI=1S/C12H7BrS3/c13-11-7-8(9-3-1-5-14-9)12(16-11)10-4-2-6-15-10/h1-7H. The van der Waals surface area contributed by atoms with E-state index < -0.39 is 0 Å². The summed E-state index contributed by atoms with van der Waals surface area (Å²) in [6, 6.07) is 10.8. The molecule has 0 atom stereocenters. The van der Waals surface area contributed by atoms with Gasteiger partial charge < -0.3 is 0 Å². The zero-order chi connectivity index (χ0) is 11.0. The van der Waals surface area contributed by atoms with Crippen LogP contribution in [0.4, 0.5) is 0 Å². The summed E-state index contributed by atoms with van der Waals surface area (Å²) in [4.78, 5) is 4.05. The number of halogens is 1. The molecule has 0 amide bonds. The van der Waals surface area contributed by atoms with Gasteiger partial charge in [-0.05, 0) is 44.9 Å². The van der Waals surface area contributed by atoms with Gasteiger partial charge >= 0.3 is 0 Å². The minimum atomic E-state index is 1.19. The molecule has 0 fully saturated rings. The van der Waals surface area contributed by atoms with Gasteiger partial charge in [-0.2, -0.15) is 0 Å². The molecule has 16 heavy (non-hydrogen) atoms. The summed E-state index contributed by atoms with van der Waals surface area (Å²) >= 11 is 8.97. The van der Waals surface area contributed by atoms with E-state index in [2.05, 4.69) is 57.0 Å². The van der Waals surface area contributed by atoms with Crippen LogP contribution in [-0.4, -0.2) is 0 Å². The van der Waals surface area contributed by atoms with Gasteiger partial charge in [0.15, 0.2) is 0 Å². The second-order valence-corrected chi connectivity index (χ2v) is 7.57. The summed E-state index contributed by atoms with van der Waals surface area (Å²) in [6.45, 7) is 0. The lowest BCUT2D eigenvalue weighted by Gasteiger charge is -1.97. The third-order valence-corrected chi connectivity index (χ3v) is 5.82. The summed E-state index contributed by atoms with van der Waals surface area (Å²) in [5.74, 6) is 0. The summed E-state index contributed by atoms with van der Waals surface area (Å²) < 4.78 is 1.19. The van der Waals surface area contributed by atoms with Crippen molar-refractivity contribution in [2.75, 3.05) is 0 Å². The molecule has 0 radical (unpaired) electrons. The van der Waals surface area contributed by atoms with E-state index in [0.717, 1.165) is 0 Å². The van der Waals surface area contributed by atoms with Crippen molar-refractivity contribution in [3.63, 3.8) is 0 Å². The molecule has 0 aliphatic carbocycles. The molecule has 0 spiro atoms. The average molecular weight is 327 g/mol. The zero-order valence-electron chi connectivity index (χ0n) is 8.14. The van der Waals surface area contributed by atoms with Gasteiger partial charge in [-0.3, -0.25) is 0 Å². The first-order chi connectivity index (χ1) is 7.84. The molecule has 0 saturated heterocycles. The van der Waals surface area contributed by atoms with E-state index in [0.29, 0.717) is 0 Å². The van der Waals surface area contributed by atoms with Gasteiger partial charge in [-0.15, -0.1) is 34.0 Å². The highest BCUT2D eigenvalue weighted by molar-refractivity contribution is 9.11. The molecule has 0 nitrogen and oxygen atoms in total. The highest BCUT2D eigenvalue weighted by Crippen LogP contribution is 2.44. The molecule has 0 saturated carbocycles. The summed E-state index contributed by atoms with van der Waals surface area (Å²) in [5, 5.41) is 4.25. The second-order valence-electron chi connectivity index (χ2n) is 3.25. The predicted octanol–water partition coefficient (Wildman–Crippen LogP) is 5.97. The molecule has 0 aliphatic rings. The fraction of sp³-hybridized carbons (Fsp3) is 0. The van der Waals surface area contributed by atoms with Crippen LogP contribution in [0.15, 0.2) is 44.9 Å². The summed E-state index contributed by atoms with van der Waals surface area (Å²) in [6.07, 6.45) is 0. The van der Waals surface area contributed by atoms with Crippen molar-refractivity contribution in [1.29, 1.82) is 0 Å². The zero-order valence-corrected chi connectivity index (χ0v) is 12.2. The number of rotatable bonds is 2. The molecule has 3 aromatic heterocycles. The predicted molar refractivity (Wildman–Crippen MR) is 78.6 cm³/mol. The lowest BCUT2D eigenvalue weighted by atomic mass is 10.2. The summed E-state index contributed by atoms with van der Waals surface area (Å²) in [7, 11) is 0. The summed E-state index contributed by atoms with van der Waals surface area (Å²) in [5.41, 5.74) is 1.34. The van der Waals surface area contributed by atoms with Crippen LogP contribution in [0.5, 0.6) is 0 Å². The molecule has 0 aromatic carbocycles. The minimum absolute atomic E-state index is 1.19. The molecule has 4 heteroatoms. The van der Waals surface area contributed by atoms with E-state index in [1.807, 2.05) is 0 Å². The molecule has 0 bridgehead atoms. The van der Waals surface area contributed by atoms with Gasteiger partial charge in [0.1, 0.15) is 0 Å². The fourth-order valence-electron chi connectivity index (χ4n) is 1.57. The van der Waals surface area contributed by atoms with Crippen LogP contribution in [0.25, 0.3) is 20.2 Å². The Balaban J connectivity index is 2.19. The van der Waals surface area contributed by atoms with Crippen LogP contribution in [0.1, 0.15) is 0 Å². The van der Waals surface area contributed by atoms with Crippen molar-refractivity contribution < 1.29 is 0 Å². The Kier molecular flexibility index (Phi) is 2.98.